The third-order valence-corrected chi connectivity index (χ3v) is 3.43. The van der Waals surface area contributed by atoms with Gasteiger partial charge in [0.05, 0.1) is 12.2 Å². The van der Waals surface area contributed by atoms with Crippen molar-refractivity contribution in [2.75, 3.05) is 19.6 Å². The van der Waals surface area contributed by atoms with Gasteiger partial charge < -0.3 is 10.2 Å². The molecular formula is C15H16N4O2. The maximum absolute atomic E-state index is 12.4. The molecule has 6 heteroatoms. The monoisotopic (exact) mass is 284 g/mol. The van der Waals surface area contributed by atoms with Crippen LogP contribution < -0.4 is 5.32 Å². The van der Waals surface area contributed by atoms with Gasteiger partial charge in [0, 0.05) is 18.8 Å². The Morgan fingerprint density at radius 2 is 2.05 bits per heavy atom. The van der Waals surface area contributed by atoms with E-state index in [1.165, 1.54) is 4.90 Å². The zero-order chi connectivity index (χ0) is 14.8. The molecule has 2 amide bonds. The number of rotatable bonds is 2. The standard InChI is InChI=1S/C15H16N4O2/c1-11-9-13(15(21)18-8-7-16-14(20)10-18)17-19(11)12-5-3-2-4-6-12/h2-6,9H,7-8,10H2,1H3,(H,16,20). The third-order valence-electron chi connectivity index (χ3n) is 3.43. The van der Waals surface area contributed by atoms with Gasteiger partial charge in [-0.3, -0.25) is 9.59 Å². The number of hydrogen-bond donors (Lipinski definition) is 1. The zero-order valence-electron chi connectivity index (χ0n) is 11.7. The summed E-state index contributed by atoms with van der Waals surface area (Å²) in [7, 11) is 0. The maximum atomic E-state index is 12.4. The van der Waals surface area contributed by atoms with E-state index in [-0.39, 0.29) is 18.4 Å². The van der Waals surface area contributed by atoms with Crippen molar-refractivity contribution in [1.29, 1.82) is 0 Å². The van der Waals surface area contributed by atoms with Gasteiger partial charge >= 0.3 is 0 Å². The second kappa shape index (κ2) is 5.40. The van der Waals surface area contributed by atoms with Crippen LogP contribution >= 0.6 is 0 Å². The van der Waals surface area contributed by atoms with Crippen LogP contribution in [0.15, 0.2) is 36.4 Å². The molecule has 1 N–H and O–H groups in total. The first-order valence-electron chi connectivity index (χ1n) is 6.83. The quantitative estimate of drug-likeness (QED) is 0.885. The van der Waals surface area contributed by atoms with E-state index in [9.17, 15) is 9.59 Å². The average molecular weight is 284 g/mol. The summed E-state index contributed by atoms with van der Waals surface area (Å²) in [5.74, 6) is -0.337. The molecule has 0 saturated carbocycles. The van der Waals surface area contributed by atoms with Crippen LogP contribution in [-0.4, -0.2) is 46.1 Å². The molecule has 3 rings (SSSR count). The molecule has 108 valence electrons. The van der Waals surface area contributed by atoms with Gasteiger partial charge in [0.1, 0.15) is 0 Å². The minimum Gasteiger partial charge on any atom is -0.353 e. The molecule has 0 spiro atoms. The van der Waals surface area contributed by atoms with Crippen molar-refractivity contribution in [2.45, 2.75) is 6.92 Å². The molecule has 0 bridgehead atoms. The number of benzene rings is 1. The van der Waals surface area contributed by atoms with Crippen LogP contribution in [0.2, 0.25) is 0 Å². The van der Waals surface area contributed by atoms with Gasteiger partial charge in [0.2, 0.25) is 5.91 Å². The summed E-state index contributed by atoms with van der Waals surface area (Å²) >= 11 is 0. The van der Waals surface area contributed by atoms with Crippen LogP contribution in [0, 0.1) is 6.92 Å². The molecule has 0 unspecified atom stereocenters. The number of nitrogens with one attached hydrogen (secondary N) is 1. The van der Waals surface area contributed by atoms with Gasteiger partial charge in [-0.2, -0.15) is 5.10 Å². The van der Waals surface area contributed by atoms with E-state index in [2.05, 4.69) is 10.4 Å². The van der Waals surface area contributed by atoms with E-state index in [4.69, 9.17) is 0 Å². The first-order valence-corrected chi connectivity index (χ1v) is 6.83. The van der Waals surface area contributed by atoms with Crippen molar-refractivity contribution in [2.24, 2.45) is 0 Å². The predicted octanol–water partition coefficient (Wildman–Crippen LogP) is 0.753. The van der Waals surface area contributed by atoms with Crippen molar-refractivity contribution >= 4 is 11.8 Å². The van der Waals surface area contributed by atoms with Crippen LogP contribution in [0.25, 0.3) is 5.69 Å². The average Bonchev–Trinajstić information content (AvgIpc) is 2.89. The van der Waals surface area contributed by atoms with Gasteiger partial charge in [-0.25, -0.2) is 4.68 Å². The molecule has 1 aromatic heterocycles. The number of nitrogens with zero attached hydrogens (tertiary/aromatic N) is 3. The van der Waals surface area contributed by atoms with Crippen molar-refractivity contribution in [3.05, 3.63) is 47.8 Å². The summed E-state index contributed by atoms with van der Waals surface area (Å²) in [6.07, 6.45) is 0. The summed E-state index contributed by atoms with van der Waals surface area (Å²) in [6, 6.07) is 11.4. The van der Waals surface area contributed by atoms with E-state index in [1.807, 2.05) is 37.3 Å². The molecular weight excluding hydrogens is 268 g/mol. The van der Waals surface area contributed by atoms with Gasteiger partial charge in [-0.15, -0.1) is 0 Å². The smallest absolute Gasteiger partial charge is 0.274 e. The highest BCUT2D eigenvalue weighted by Gasteiger charge is 2.24. The van der Waals surface area contributed by atoms with Crippen molar-refractivity contribution in [3.8, 4) is 5.69 Å². The van der Waals surface area contributed by atoms with Crippen molar-refractivity contribution in [1.82, 2.24) is 20.0 Å². The van der Waals surface area contributed by atoms with E-state index in [1.54, 1.807) is 10.7 Å². The van der Waals surface area contributed by atoms with Gasteiger partial charge in [0.15, 0.2) is 5.69 Å². The summed E-state index contributed by atoms with van der Waals surface area (Å²) in [5, 5.41) is 7.08. The lowest BCUT2D eigenvalue weighted by Crippen LogP contribution is -2.50. The summed E-state index contributed by atoms with van der Waals surface area (Å²) in [5.41, 5.74) is 2.16. The first-order chi connectivity index (χ1) is 10.1. The molecule has 21 heavy (non-hydrogen) atoms. The number of amides is 2. The Bertz CT molecular complexity index is 678. The molecule has 0 radical (unpaired) electrons. The summed E-state index contributed by atoms with van der Waals surface area (Å²) in [6.45, 7) is 3.00. The Balaban J connectivity index is 1.87. The van der Waals surface area contributed by atoms with Crippen LogP contribution in [0.4, 0.5) is 0 Å². The van der Waals surface area contributed by atoms with E-state index >= 15 is 0 Å². The minimum atomic E-state index is -0.206. The van der Waals surface area contributed by atoms with Gasteiger partial charge in [0.25, 0.3) is 5.91 Å². The predicted molar refractivity (Wildman–Crippen MR) is 77.2 cm³/mol. The SMILES string of the molecule is Cc1cc(C(=O)N2CCNC(=O)C2)nn1-c1ccccc1. The van der Waals surface area contributed by atoms with Crippen LogP contribution in [0.3, 0.4) is 0 Å². The molecule has 2 aromatic rings. The number of aromatic nitrogens is 2. The van der Waals surface area contributed by atoms with Crippen molar-refractivity contribution < 1.29 is 9.59 Å². The second-order valence-electron chi connectivity index (χ2n) is 4.99. The molecule has 1 fully saturated rings. The number of aryl methyl sites for hydroxylation is 1. The Morgan fingerprint density at radius 3 is 2.76 bits per heavy atom. The normalized spacial score (nSPS) is 14.9. The lowest BCUT2D eigenvalue weighted by molar-refractivity contribution is -0.123. The molecule has 2 heterocycles. The highest BCUT2D eigenvalue weighted by atomic mass is 16.2. The fourth-order valence-corrected chi connectivity index (χ4v) is 2.38. The fourth-order valence-electron chi connectivity index (χ4n) is 2.38. The Labute approximate surface area is 122 Å². The first kappa shape index (κ1) is 13.4. The number of hydrogen-bond acceptors (Lipinski definition) is 3. The summed E-state index contributed by atoms with van der Waals surface area (Å²) in [4.78, 5) is 25.3. The van der Waals surface area contributed by atoms with Gasteiger partial charge in [-0.05, 0) is 25.1 Å². The molecule has 1 aliphatic rings. The molecule has 1 saturated heterocycles. The minimum absolute atomic E-state index is 0.0933. The maximum Gasteiger partial charge on any atom is 0.274 e. The zero-order valence-corrected chi connectivity index (χ0v) is 11.7. The highest BCUT2D eigenvalue weighted by Crippen LogP contribution is 2.13. The van der Waals surface area contributed by atoms with Gasteiger partial charge in [-0.1, -0.05) is 18.2 Å². The van der Waals surface area contributed by atoms with Crippen molar-refractivity contribution in [3.63, 3.8) is 0 Å². The lowest BCUT2D eigenvalue weighted by atomic mass is 10.3. The molecule has 1 aromatic carbocycles. The number of para-hydroxylation sites is 1. The number of carbonyl (C=O) groups is 2. The lowest BCUT2D eigenvalue weighted by Gasteiger charge is -2.25. The molecule has 0 aliphatic carbocycles. The Hall–Kier alpha value is -2.63. The number of carbonyl (C=O) groups excluding carboxylic acids is 2. The van der Waals surface area contributed by atoms with Crippen LogP contribution in [0.1, 0.15) is 16.2 Å². The largest absolute Gasteiger partial charge is 0.353 e. The summed E-state index contributed by atoms with van der Waals surface area (Å²) < 4.78 is 1.73. The molecule has 0 atom stereocenters. The number of piperazine rings is 1. The topological polar surface area (TPSA) is 67.2 Å². The van der Waals surface area contributed by atoms with Crippen LogP contribution in [0.5, 0.6) is 0 Å². The van der Waals surface area contributed by atoms with E-state index < -0.39 is 0 Å². The molecule has 1 aliphatic heterocycles. The molecule has 6 nitrogen and oxygen atoms in total. The third kappa shape index (κ3) is 2.65. The van der Waals surface area contributed by atoms with E-state index in [0.717, 1.165) is 11.4 Å². The highest BCUT2D eigenvalue weighted by molar-refractivity contribution is 5.95. The van der Waals surface area contributed by atoms with E-state index in [0.29, 0.717) is 18.8 Å². The Kier molecular flexibility index (Phi) is 3.43. The second-order valence-corrected chi connectivity index (χ2v) is 4.99. The Morgan fingerprint density at radius 1 is 1.29 bits per heavy atom. The van der Waals surface area contributed by atoms with Crippen LogP contribution in [-0.2, 0) is 4.79 Å². The fraction of sp³-hybridized carbons (Fsp3) is 0.267.